The van der Waals surface area contributed by atoms with Crippen LogP contribution in [0.1, 0.15) is 21.5 Å². The van der Waals surface area contributed by atoms with Gasteiger partial charge >= 0.3 is 5.91 Å². The number of nitrogens with one attached hydrogen (secondary N) is 1. The first-order chi connectivity index (χ1) is 16.8. The molecule has 4 rings (SSSR count). The number of aromatic nitrogens is 1. The molecule has 1 N–H and O–H groups in total. The minimum atomic E-state index is -0.288. The summed E-state index contributed by atoms with van der Waals surface area (Å²) in [5.41, 5.74) is 4.39. The number of hydrogen-bond donors (Lipinski definition) is 1. The normalized spacial score (nSPS) is 14.2. The van der Waals surface area contributed by atoms with Gasteiger partial charge in [-0.15, -0.1) is 0 Å². The quantitative estimate of drug-likeness (QED) is 0.429. The third kappa shape index (κ3) is 6.01. The second-order valence-electron chi connectivity index (χ2n) is 9.05. The van der Waals surface area contributed by atoms with Crippen molar-refractivity contribution < 1.29 is 14.3 Å². The SMILES string of the molecule is Cc1cccc([N+](C)(C)C(=O)c2cccc(/C=C/C(=O)Nc3ccc(N4CCOCC4)cn3)c2)c1. The van der Waals surface area contributed by atoms with Crippen molar-refractivity contribution in [2.24, 2.45) is 0 Å². The predicted octanol–water partition coefficient (Wildman–Crippen LogP) is 4.29. The fourth-order valence-electron chi connectivity index (χ4n) is 4.00. The monoisotopic (exact) mass is 471 g/mol. The molecule has 1 saturated heterocycles. The van der Waals surface area contributed by atoms with Crippen LogP contribution in [0.4, 0.5) is 17.2 Å². The van der Waals surface area contributed by atoms with Crippen molar-refractivity contribution in [1.29, 1.82) is 0 Å². The third-order valence-electron chi connectivity index (χ3n) is 6.09. The van der Waals surface area contributed by atoms with Gasteiger partial charge in [-0.25, -0.2) is 14.3 Å². The molecule has 7 heteroatoms. The van der Waals surface area contributed by atoms with Crippen LogP contribution in [0.3, 0.4) is 0 Å². The van der Waals surface area contributed by atoms with Gasteiger partial charge in [0.15, 0.2) is 0 Å². The molecule has 0 bridgehead atoms. The van der Waals surface area contributed by atoms with Crippen molar-refractivity contribution in [3.63, 3.8) is 0 Å². The zero-order valence-corrected chi connectivity index (χ0v) is 20.4. The Morgan fingerprint density at radius 2 is 1.80 bits per heavy atom. The number of carbonyl (C=O) groups excluding carboxylic acids is 2. The number of ether oxygens (including phenoxy) is 1. The standard InChI is InChI=1S/C28H30N4O3/c1-21-6-4-9-25(18-21)32(2,3)28(34)23-8-5-7-22(19-23)10-13-27(33)30-26-12-11-24(20-29-26)31-14-16-35-17-15-31/h4-13,18-20H,14-17H2,1-3H3/p+1/b13-10+. The van der Waals surface area contributed by atoms with E-state index in [0.717, 1.165) is 35.6 Å². The molecule has 180 valence electrons. The first-order valence-corrected chi connectivity index (χ1v) is 11.7. The summed E-state index contributed by atoms with van der Waals surface area (Å²) < 4.78 is 5.47. The molecule has 0 radical (unpaired) electrons. The maximum absolute atomic E-state index is 13.3. The average Bonchev–Trinajstić information content (AvgIpc) is 2.88. The summed E-state index contributed by atoms with van der Waals surface area (Å²) in [5.74, 6) is 0.168. The first kappa shape index (κ1) is 24.3. The van der Waals surface area contributed by atoms with E-state index in [-0.39, 0.29) is 16.3 Å². The van der Waals surface area contributed by atoms with Crippen molar-refractivity contribution in [2.75, 3.05) is 50.6 Å². The van der Waals surface area contributed by atoms with E-state index in [2.05, 4.69) is 15.2 Å². The zero-order chi connectivity index (χ0) is 24.8. The molecule has 0 spiro atoms. The van der Waals surface area contributed by atoms with E-state index in [1.165, 1.54) is 6.08 Å². The van der Waals surface area contributed by atoms with Crippen LogP contribution in [0.2, 0.25) is 0 Å². The highest BCUT2D eigenvalue weighted by Crippen LogP contribution is 2.24. The van der Waals surface area contributed by atoms with Crippen LogP contribution in [0.15, 0.2) is 72.9 Å². The van der Waals surface area contributed by atoms with Crippen molar-refractivity contribution in [3.8, 4) is 0 Å². The first-order valence-electron chi connectivity index (χ1n) is 11.7. The number of amides is 2. The number of carbonyl (C=O) groups is 2. The number of aryl methyl sites for hydroxylation is 1. The Labute approximate surface area is 206 Å². The third-order valence-corrected chi connectivity index (χ3v) is 6.09. The van der Waals surface area contributed by atoms with Gasteiger partial charge in [-0.2, -0.15) is 0 Å². The van der Waals surface area contributed by atoms with Crippen molar-refractivity contribution in [2.45, 2.75) is 6.92 Å². The Kier molecular flexibility index (Phi) is 7.39. The number of nitrogens with zero attached hydrogens (tertiary/aromatic N) is 3. The molecule has 0 atom stereocenters. The Morgan fingerprint density at radius 1 is 1.03 bits per heavy atom. The lowest BCUT2D eigenvalue weighted by Gasteiger charge is -2.28. The van der Waals surface area contributed by atoms with E-state index < -0.39 is 0 Å². The number of pyridine rings is 1. The molecular formula is C28H31N4O3+. The summed E-state index contributed by atoms with van der Waals surface area (Å²) in [6.45, 7) is 5.09. The van der Waals surface area contributed by atoms with Gasteiger partial charge in [-0.1, -0.05) is 24.3 Å². The average molecular weight is 472 g/mol. The predicted molar refractivity (Wildman–Crippen MR) is 141 cm³/mol. The van der Waals surface area contributed by atoms with Gasteiger partial charge in [0.1, 0.15) is 11.5 Å². The van der Waals surface area contributed by atoms with Crippen LogP contribution in [-0.2, 0) is 9.53 Å². The summed E-state index contributed by atoms with van der Waals surface area (Å²) in [5, 5.41) is 2.78. The fraction of sp³-hybridized carbons (Fsp3) is 0.250. The van der Waals surface area contributed by atoms with Crippen LogP contribution >= 0.6 is 0 Å². The largest absolute Gasteiger partial charge is 0.378 e. The van der Waals surface area contributed by atoms with Crippen LogP contribution in [0, 0.1) is 6.92 Å². The van der Waals surface area contributed by atoms with Gasteiger partial charge < -0.3 is 15.0 Å². The van der Waals surface area contributed by atoms with E-state index in [9.17, 15) is 9.59 Å². The highest BCUT2D eigenvalue weighted by atomic mass is 16.5. The number of hydrogen-bond acceptors (Lipinski definition) is 5. The molecule has 2 amide bonds. The van der Waals surface area contributed by atoms with E-state index in [1.807, 2.05) is 63.5 Å². The van der Waals surface area contributed by atoms with E-state index in [4.69, 9.17) is 4.74 Å². The van der Waals surface area contributed by atoms with Crippen LogP contribution in [0.5, 0.6) is 0 Å². The summed E-state index contributed by atoms with van der Waals surface area (Å²) in [4.78, 5) is 32.3. The van der Waals surface area contributed by atoms with Gasteiger partial charge in [0.05, 0.1) is 44.8 Å². The minimum Gasteiger partial charge on any atom is -0.378 e. The summed E-state index contributed by atoms with van der Waals surface area (Å²) >= 11 is 0. The van der Waals surface area contributed by atoms with E-state index in [0.29, 0.717) is 24.6 Å². The van der Waals surface area contributed by atoms with Crippen molar-refractivity contribution in [1.82, 2.24) is 9.47 Å². The number of quaternary nitrogens is 1. The maximum Gasteiger partial charge on any atom is 0.350 e. The van der Waals surface area contributed by atoms with Crippen LogP contribution in [0.25, 0.3) is 6.08 Å². The fourth-order valence-corrected chi connectivity index (χ4v) is 4.00. The van der Waals surface area contributed by atoms with Gasteiger partial charge in [0, 0.05) is 25.2 Å². The molecule has 0 saturated carbocycles. The highest BCUT2D eigenvalue weighted by molar-refractivity contribution is 6.03. The summed E-state index contributed by atoms with van der Waals surface area (Å²) in [6.07, 6.45) is 4.90. The van der Waals surface area contributed by atoms with E-state index in [1.54, 1.807) is 30.5 Å². The molecule has 0 unspecified atom stereocenters. The molecule has 1 fully saturated rings. The lowest BCUT2D eigenvalue weighted by atomic mass is 10.1. The van der Waals surface area contributed by atoms with Crippen molar-refractivity contribution >= 4 is 35.1 Å². The molecule has 1 aliphatic heterocycles. The number of rotatable bonds is 6. The van der Waals surface area contributed by atoms with Gasteiger partial charge in [-0.3, -0.25) is 4.79 Å². The summed E-state index contributed by atoms with van der Waals surface area (Å²) in [6, 6.07) is 19.0. The molecule has 3 aromatic rings. The molecule has 0 aliphatic carbocycles. The van der Waals surface area contributed by atoms with Crippen molar-refractivity contribution in [3.05, 3.63) is 89.6 Å². The second kappa shape index (κ2) is 10.6. The lowest BCUT2D eigenvalue weighted by Crippen LogP contribution is -2.46. The topological polar surface area (TPSA) is 71.5 Å². The molecule has 1 aliphatic rings. The highest BCUT2D eigenvalue weighted by Gasteiger charge is 2.30. The zero-order valence-electron chi connectivity index (χ0n) is 20.4. The Hall–Kier alpha value is -3.81. The number of benzene rings is 2. The summed E-state index contributed by atoms with van der Waals surface area (Å²) in [7, 11) is 3.76. The maximum atomic E-state index is 13.3. The Balaban J connectivity index is 1.40. The van der Waals surface area contributed by atoms with E-state index >= 15 is 0 Å². The van der Waals surface area contributed by atoms with Gasteiger partial charge in [0.25, 0.3) is 0 Å². The molecular weight excluding hydrogens is 440 g/mol. The van der Waals surface area contributed by atoms with Crippen LogP contribution in [-0.4, -0.2) is 57.2 Å². The Morgan fingerprint density at radius 3 is 2.51 bits per heavy atom. The second-order valence-corrected chi connectivity index (χ2v) is 9.05. The minimum absolute atomic E-state index is 0.0279. The molecule has 1 aromatic heterocycles. The van der Waals surface area contributed by atoms with Crippen LogP contribution < -0.4 is 14.7 Å². The van der Waals surface area contributed by atoms with Gasteiger partial charge in [0.2, 0.25) is 5.91 Å². The molecule has 35 heavy (non-hydrogen) atoms. The number of anilines is 2. The van der Waals surface area contributed by atoms with Gasteiger partial charge in [-0.05, 0) is 54.5 Å². The lowest BCUT2D eigenvalue weighted by molar-refractivity contribution is -0.111. The smallest absolute Gasteiger partial charge is 0.350 e. The molecule has 7 nitrogen and oxygen atoms in total. The number of morpholine rings is 1. The molecule has 2 aromatic carbocycles. The Bertz CT molecular complexity index is 1230. The molecule has 2 heterocycles.